The third kappa shape index (κ3) is 3.46. The minimum Gasteiger partial charge on any atom is -0.375 e. The number of piperidine rings is 1. The molecule has 2 aromatic heterocycles. The summed E-state index contributed by atoms with van der Waals surface area (Å²) in [6, 6.07) is 2.49. The van der Waals surface area contributed by atoms with E-state index in [1.807, 2.05) is 18.5 Å². The van der Waals surface area contributed by atoms with Crippen molar-refractivity contribution < 1.29 is 0 Å². The fourth-order valence-electron chi connectivity index (χ4n) is 2.50. The lowest BCUT2D eigenvalue weighted by molar-refractivity contribution is 0.164. The summed E-state index contributed by atoms with van der Waals surface area (Å²) >= 11 is 1.58. The highest BCUT2D eigenvalue weighted by Gasteiger charge is 2.21. The third-order valence-corrected chi connectivity index (χ3v) is 4.14. The number of halogens is 1. The fraction of sp³-hybridized carbons (Fsp3) is 0.500. The van der Waals surface area contributed by atoms with Gasteiger partial charge >= 0.3 is 0 Å². The molecule has 0 amide bonds. The first-order valence-electron chi connectivity index (χ1n) is 6.23. The molecule has 1 aliphatic heterocycles. The molecule has 1 saturated heterocycles. The molecule has 0 aliphatic carbocycles. The molecule has 104 valence electrons. The Morgan fingerprint density at radius 3 is 3.05 bits per heavy atom. The van der Waals surface area contributed by atoms with Crippen LogP contribution in [-0.2, 0) is 6.54 Å². The third-order valence-electron chi connectivity index (χ3n) is 3.33. The molecule has 2 aromatic rings. The highest BCUT2D eigenvalue weighted by Crippen LogP contribution is 2.24. The second kappa shape index (κ2) is 6.36. The zero-order chi connectivity index (χ0) is 12.4. The largest absolute Gasteiger partial charge is 0.375 e. The molecule has 7 heteroatoms. The van der Waals surface area contributed by atoms with Gasteiger partial charge in [0.15, 0.2) is 5.13 Å². The number of thiazole rings is 1. The topological polar surface area (TPSA) is 60.0 Å². The normalized spacial score (nSPS) is 20.1. The Morgan fingerprint density at radius 1 is 1.47 bits per heavy atom. The van der Waals surface area contributed by atoms with Gasteiger partial charge in [0.05, 0.1) is 6.04 Å². The van der Waals surface area contributed by atoms with E-state index in [-0.39, 0.29) is 12.4 Å². The first kappa shape index (κ1) is 14.3. The molecule has 1 fully saturated rings. The van der Waals surface area contributed by atoms with Crippen LogP contribution in [-0.4, -0.2) is 32.8 Å². The average molecular weight is 300 g/mol. The number of likely N-dealkylation sites (tertiary alicyclic amines) is 1. The van der Waals surface area contributed by atoms with E-state index in [1.54, 1.807) is 11.3 Å². The van der Waals surface area contributed by atoms with Gasteiger partial charge in [-0.3, -0.25) is 9.58 Å². The molecule has 19 heavy (non-hydrogen) atoms. The van der Waals surface area contributed by atoms with Gasteiger partial charge in [-0.25, -0.2) is 4.98 Å². The molecule has 0 radical (unpaired) electrons. The van der Waals surface area contributed by atoms with Crippen molar-refractivity contribution in [3.05, 3.63) is 29.5 Å². The minimum atomic E-state index is 0. The summed E-state index contributed by atoms with van der Waals surface area (Å²) in [6.07, 6.45) is 8.22. The molecule has 0 bridgehead atoms. The van der Waals surface area contributed by atoms with E-state index >= 15 is 0 Å². The van der Waals surface area contributed by atoms with Gasteiger partial charge in [-0.1, -0.05) is 0 Å². The Kier molecular flexibility index (Phi) is 4.79. The highest BCUT2D eigenvalue weighted by atomic mass is 35.5. The van der Waals surface area contributed by atoms with Crippen LogP contribution in [0.2, 0.25) is 0 Å². The van der Waals surface area contributed by atoms with E-state index in [2.05, 4.69) is 25.9 Å². The fourth-order valence-corrected chi connectivity index (χ4v) is 3.23. The standard InChI is InChI=1S/C12H17N5S.ClH/c13-12-14-7-11(18-12)9-16-5-1-3-10(8-16)17-6-2-4-15-17;/h2,4,6-7,10H,1,3,5,8-9H2,(H2,13,14);1H. The summed E-state index contributed by atoms with van der Waals surface area (Å²) in [5.74, 6) is 0. The number of hydrogen-bond acceptors (Lipinski definition) is 5. The lowest BCUT2D eigenvalue weighted by Crippen LogP contribution is -2.36. The molecule has 2 N–H and O–H groups in total. The summed E-state index contributed by atoms with van der Waals surface area (Å²) in [5, 5.41) is 5.00. The molecule has 5 nitrogen and oxygen atoms in total. The smallest absolute Gasteiger partial charge is 0.180 e. The first-order chi connectivity index (χ1) is 8.81. The predicted molar refractivity (Wildman–Crippen MR) is 79.5 cm³/mol. The van der Waals surface area contributed by atoms with E-state index < -0.39 is 0 Å². The Bertz CT molecular complexity index is 498. The second-order valence-electron chi connectivity index (χ2n) is 4.68. The van der Waals surface area contributed by atoms with Gasteiger partial charge in [-0.2, -0.15) is 5.10 Å². The van der Waals surface area contributed by atoms with Gasteiger partial charge in [0.2, 0.25) is 0 Å². The summed E-state index contributed by atoms with van der Waals surface area (Å²) in [6.45, 7) is 3.15. The predicted octanol–water partition coefficient (Wildman–Crippen LogP) is 2.18. The first-order valence-corrected chi connectivity index (χ1v) is 7.04. The maximum Gasteiger partial charge on any atom is 0.180 e. The van der Waals surface area contributed by atoms with Gasteiger partial charge in [-0.15, -0.1) is 23.7 Å². The van der Waals surface area contributed by atoms with Crippen molar-refractivity contribution >= 4 is 28.9 Å². The summed E-state index contributed by atoms with van der Waals surface area (Å²) in [5.41, 5.74) is 5.66. The molecule has 1 aliphatic rings. The number of nitrogens with zero attached hydrogens (tertiary/aromatic N) is 4. The van der Waals surface area contributed by atoms with Crippen LogP contribution in [0.25, 0.3) is 0 Å². The van der Waals surface area contributed by atoms with Crippen LogP contribution in [0, 0.1) is 0 Å². The average Bonchev–Trinajstić information content (AvgIpc) is 3.01. The molecule has 3 rings (SSSR count). The van der Waals surface area contributed by atoms with Crippen LogP contribution in [0.1, 0.15) is 23.8 Å². The van der Waals surface area contributed by atoms with Crippen LogP contribution in [0.4, 0.5) is 5.13 Å². The number of nitrogens with two attached hydrogens (primary N) is 1. The van der Waals surface area contributed by atoms with Gasteiger partial charge in [0.1, 0.15) is 0 Å². The monoisotopic (exact) mass is 299 g/mol. The molecular weight excluding hydrogens is 282 g/mol. The van der Waals surface area contributed by atoms with Crippen molar-refractivity contribution in [1.82, 2.24) is 19.7 Å². The number of nitrogen functional groups attached to an aromatic ring is 1. The Balaban J connectivity index is 0.00000133. The maximum atomic E-state index is 5.66. The highest BCUT2D eigenvalue weighted by molar-refractivity contribution is 7.15. The van der Waals surface area contributed by atoms with Gasteiger partial charge < -0.3 is 5.73 Å². The quantitative estimate of drug-likeness (QED) is 0.944. The number of hydrogen-bond donors (Lipinski definition) is 1. The lowest BCUT2D eigenvalue weighted by Gasteiger charge is -2.32. The van der Waals surface area contributed by atoms with Crippen molar-refractivity contribution in [1.29, 1.82) is 0 Å². The zero-order valence-corrected chi connectivity index (χ0v) is 12.2. The SMILES string of the molecule is Cl.Nc1ncc(CN2CCCC(n3cccn3)C2)s1. The van der Waals surface area contributed by atoms with E-state index in [4.69, 9.17) is 5.73 Å². The molecular formula is C12H18ClN5S. The Labute approximate surface area is 122 Å². The van der Waals surface area contributed by atoms with E-state index in [9.17, 15) is 0 Å². The summed E-state index contributed by atoms with van der Waals surface area (Å²) in [4.78, 5) is 7.81. The molecule has 0 aromatic carbocycles. The lowest BCUT2D eigenvalue weighted by atomic mass is 10.1. The van der Waals surface area contributed by atoms with Crippen molar-refractivity contribution in [2.45, 2.75) is 25.4 Å². The van der Waals surface area contributed by atoms with Crippen molar-refractivity contribution in [2.75, 3.05) is 18.8 Å². The van der Waals surface area contributed by atoms with Crippen LogP contribution < -0.4 is 5.73 Å². The van der Waals surface area contributed by atoms with E-state index in [0.717, 1.165) is 19.6 Å². The van der Waals surface area contributed by atoms with Crippen LogP contribution in [0.15, 0.2) is 24.7 Å². The summed E-state index contributed by atoms with van der Waals surface area (Å²) in [7, 11) is 0. The Morgan fingerprint density at radius 2 is 2.37 bits per heavy atom. The molecule has 1 unspecified atom stereocenters. The maximum absolute atomic E-state index is 5.66. The van der Waals surface area contributed by atoms with Gasteiger partial charge in [0, 0.05) is 36.6 Å². The minimum absolute atomic E-state index is 0. The molecule has 0 spiro atoms. The van der Waals surface area contributed by atoms with Crippen molar-refractivity contribution in [3.63, 3.8) is 0 Å². The molecule has 1 atom stereocenters. The number of anilines is 1. The van der Waals surface area contributed by atoms with Gasteiger partial charge in [-0.05, 0) is 25.5 Å². The zero-order valence-electron chi connectivity index (χ0n) is 10.6. The van der Waals surface area contributed by atoms with E-state index in [0.29, 0.717) is 11.2 Å². The second-order valence-corrected chi connectivity index (χ2v) is 5.83. The van der Waals surface area contributed by atoms with Crippen molar-refractivity contribution in [2.24, 2.45) is 0 Å². The van der Waals surface area contributed by atoms with Crippen LogP contribution in [0.5, 0.6) is 0 Å². The van der Waals surface area contributed by atoms with Crippen LogP contribution in [0.3, 0.4) is 0 Å². The van der Waals surface area contributed by atoms with E-state index in [1.165, 1.54) is 17.7 Å². The molecule has 0 saturated carbocycles. The van der Waals surface area contributed by atoms with Gasteiger partial charge in [0.25, 0.3) is 0 Å². The summed E-state index contributed by atoms with van der Waals surface area (Å²) < 4.78 is 2.08. The Hall–Kier alpha value is -1.11. The molecule has 3 heterocycles. The van der Waals surface area contributed by atoms with Crippen LogP contribution >= 0.6 is 23.7 Å². The number of aromatic nitrogens is 3. The van der Waals surface area contributed by atoms with Crippen molar-refractivity contribution in [3.8, 4) is 0 Å². The number of rotatable bonds is 3.